The Hall–Kier alpha value is -1.81. The second kappa shape index (κ2) is 5.50. The molecule has 0 bridgehead atoms. The SMILES string of the molecule is NCCCc1cnc(Cc2ccc(O)cc2)o1. The van der Waals surface area contributed by atoms with Crippen LogP contribution in [-0.4, -0.2) is 16.6 Å². The van der Waals surface area contributed by atoms with Gasteiger partial charge in [0, 0.05) is 12.8 Å². The smallest absolute Gasteiger partial charge is 0.198 e. The number of hydrogen-bond donors (Lipinski definition) is 2. The van der Waals surface area contributed by atoms with Gasteiger partial charge < -0.3 is 15.3 Å². The van der Waals surface area contributed by atoms with Crippen LogP contribution in [0.1, 0.15) is 23.6 Å². The zero-order chi connectivity index (χ0) is 12.1. The lowest BCUT2D eigenvalue weighted by Crippen LogP contribution is -1.99. The van der Waals surface area contributed by atoms with Gasteiger partial charge >= 0.3 is 0 Å². The van der Waals surface area contributed by atoms with E-state index in [4.69, 9.17) is 10.2 Å². The van der Waals surface area contributed by atoms with Gasteiger partial charge in [-0.15, -0.1) is 0 Å². The van der Waals surface area contributed by atoms with E-state index in [2.05, 4.69) is 4.98 Å². The number of aromatic nitrogens is 1. The fraction of sp³-hybridized carbons (Fsp3) is 0.308. The first-order valence-electron chi connectivity index (χ1n) is 5.69. The zero-order valence-corrected chi connectivity index (χ0v) is 9.60. The second-order valence-electron chi connectivity index (χ2n) is 3.96. The molecule has 0 saturated carbocycles. The predicted octanol–water partition coefficient (Wildman–Crippen LogP) is 1.86. The van der Waals surface area contributed by atoms with Gasteiger partial charge in [-0.05, 0) is 30.7 Å². The van der Waals surface area contributed by atoms with Crippen LogP contribution in [0.2, 0.25) is 0 Å². The lowest BCUT2D eigenvalue weighted by atomic mass is 10.1. The highest BCUT2D eigenvalue weighted by atomic mass is 16.4. The number of rotatable bonds is 5. The summed E-state index contributed by atoms with van der Waals surface area (Å²) in [4.78, 5) is 4.22. The fourth-order valence-electron chi connectivity index (χ4n) is 1.61. The van der Waals surface area contributed by atoms with Gasteiger partial charge in [0.15, 0.2) is 5.89 Å². The van der Waals surface area contributed by atoms with E-state index in [1.54, 1.807) is 18.3 Å². The van der Waals surface area contributed by atoms with Crippen molar-refractivity contribution in [3.8, 4) is 5.75 Å². The van der Waals surface area contributed by atoms with Gasteiger partial charge in [-0.3, -0.25) is 0 Å². The maximum Gasteiger partial charge on any atom is 0.198 e. The minimum Gasteiger partial charge on any atom is -0.508 e. The minimum absolute atomic E-state index is 0.268. The molecule has 3 N–H and O–H groups in total. The van der Waals surface area contributed by atoms with Crippen LogP contribution in [0.25, 0.3) is 0 Å². The van der Waals surface area contributed by atoms with E-state index in [1.807, 2.05) is 12.1 Å². The molecule has 0 atom stereocenters. The molecule has 4 heteroatoms. The Labute approximate surface area is 100 Å². The number of hydrogen-bond acceptors (Lipinski definition) is 4. The van der Waals surface area contributed by atoms with Crippen LogP contribution in [0, 0.1) is 0 Å². The number of oxazole rings is 1. The lowest BCUT2D eigenvalue weighted by molar-refractivity contribution is 0.458. The Balaban J connectivity index is 1.98. The van der Waals surface area contributed by atoms with Crippen molar-refractivity contribution in [1.29, 1.82) is 0 Å². The number of aryl methyl sites for hydroxylation is 1. The van der Waals surface area contributed by atoms with Crippen molar-refractivity contribution in [2.75, 3.05) is 6.54 Å². The van der Waals surface area contributed by atoms with E-state index in [9.17, 15) is 5.11 Å². The van der Waals surface area contributed by atoms with E-state index in [1.165, 1.54) is 0 Å². The number of nitrogens with zero attached hydrogens (tertiary/aromatic N) is 1. The van der Waals surface area contributed by atoms with Crippen molar-refractivity contribution in [3.05, 3.63) is 47.7 Å². The van der Waals surface area contributed by atoms with Crippen LogP contribution in [0.5, 0.6) is 5.75 Å². The normalized spacial score (nSPS) is 10.6. The van der Waals surface area contributed by atoms with E-state index in [-0.39, 0.29) is 5.75 Å². The van der Waals surface area contributed by atoms with E-state index >= 15 is 0 Å². The molecule has 0 amide bonds. The minimum atomic E-state index is 0.268. The van der Waals surface area contributed by atoms with Crippen molar-refractivity contribution in [3.63, 3.8) is 0 Å². The van der Waals surface area contributed by atoms with Crippen LogP contribution in [-0.2, 0) is 12.8 Å². The molecule has 1 aromatic heterocycles. The third kappa shape index (κ3) is 3.32. The molecule has 0 fully saturated rings. The van der Waals surface area contributed by atoms with Crippen molar-refractivity contribution in [2.24, 2.45) is 5.73 Å². The maximum absolute atomic E-state index is 9.17. The van der Waals surface area contributed by atoms with Gasteiger partial charge in [0.2, 0.25) is 0 Å². The van der Waals surface area contributed by atoms with Gasteiger partial charge in [0.05, 0.1) is 6.20 Å². The monoisotopic (exact) mass is 232 g/mol. The topological polar surface area (TPSA) is 72.3 Å². The molecule has 0 aliphatic carbocycles. The van der Waals surface area contributed by atoms with Crippen molar-refractivity contribution in [1.82, 2.24) is 4.98 Å². The Bertz CT molecular complexity index is 463. The lowest BCUT2D eigenvalue weighted by Gasteiger charge is -1.98. The molecule has 0 spiro atoms. The number of phenolic OH excluding ortho intramolecular Hbond substituents is 1. The molecule has 4 nitrogen and oxygen atoms in total. The Kier molecular flexibility index (Phi) is 3.77. The highest BCUT2D eigenvalue weighted by Gasteiger charge is 2.04. The molecule has 0 radical (unpaired) electrons. The molecule has 1 aromatic carbocycles. The molecule has 0 aliphatic rings. The highest BCUT2D eigenvalue weighted by Crippen LogP contribution is 2.14. The molecular weight excluding hydrogens is 216 g/mol. The third-order valence-electron chi connectivity index (χ3n) is 2.52. The van der Waals surface area contributed by atoms with Gasteiger partial charge in [-0.25, -0.2) is 4.98 Å². The molecule has 0 aliphatic heterocycles. The summed E-state index contributed by atoms with van der Waals surface area (Å²) in [6.45, 7) is 0.661. The van der Waals surface area contributed by atoms with Crippen LogP contribution in [0.3, 0.4) is 0 Å². The van der Waals surface area contributed by atoms with Crippen molar-refractivity contribution < 1.29 is 9.52 Å². The van der Waals surface area contributed by atoms with Gasteiger partial charge in [0.25, 0.3) is 0 Å². The van der Waals surface area contributed by atoms with E-state index in [0.29, 0.717) is 18.9 Å². The summed E-state index contributed by atoms with van der Waals surface area (Å²) in [5.41, 5.74) is 6.50. The standard InChI is InChI=1S/C13H16N2O2/c14-7-1-2-12-9-15-13(17-12)8-10-3-5-11(16)6-4-10/h3-6,9,16H,1-2,7-8,14H2. The second-order valence-corrected chi connectivity index (χ2v) is 3.96. The largest absolute Gasteiger partial charge is 0.508 e. The number of benzene rings is 1. The number of nitrogens with two attached hydrogens (primary N) is 1. The molecule has 2 aromatic rings. The summed E-state index contributed by atoms with van der Waals surface area (Å²) >= 11 is 0. The summed E-state index contributed by atoms with van der Waals surface area (Å²) in [6, 6.07) is 7.04. The summed E-state index contributed by atoms with van der Waals surface area (Å²) in [7, 11) is 0. The number of aromatic hydroxyl groups is 1. The molecule has 2 rings (SSSR count). The summed E-state index contributed by atoms with van der Waals surface area (Å²) in [5, 5.41) is 9.17. The van der Waals surface area contributed by atoms with Crippen LogP contribution >= 0.6 is 0 Å². The summed E-state index contributed by atoms with van der Waals surface area (Å²) in [6.07, 6.45) is 4.14. The predicted molar refractivity (Wildman–Crippen MR) is 64.8 cm³/mol. The van der Waals surface area contributed by atoms with Crippen LogP contribution < -0.4 is 5.73 Å². The fourth-order valence-corrected chi connectivity index (χ4v) is 1.61. The summed E-state index contributed by atoms with van der Waals surface area (Å²) in [5.74, 6) is 1.84. The first kappa shape index (κ1) is 11.7. The van der Waals surface area contributed by atoms with Crippen LogP contribution in [0.15, 0.2) is 34.9 Å². The van der Waals surface area contributed by atoms with Crippen molar-refractivity contribution in [2.45, 2.75) is 19.3 Å². The third-order valence-corrected chi connectivity index (χ3v) is 2.52. The average Bonchev–Trinajstić information content (AvgIpc) is 2.77. The van der Waals surface area contributed by atoms with E-state index in [0.717, 1.165) is 24.2 Å². The molecule has 0 saturated heterocycles. The highest BCUT2D eigenvalue weighted by molar-refractivity contribution is 5.27. The Morgan fingerprint density at radius 2 is 2.00 bits per heavy atom. The average molecular weight is 232 g/mol. The van der Waals surface area contributed by atoms with Crippen molar-refractivity contribution >= 4 is 0 Å². The van der Waals surface area contributed by atoms with Gasteiger partial charge in [0.1, 0.15) is 11.5 Å². The molecule has 0 unspecified atom stereocenters. The molecule has 90 valence electrons. The van der Waals surface area contributed by atoms with Crippen LogP contribution in [0.4, 0.5) is 0 Å². The zero-order valence-electron chi connectivity index (χ0n) is 9.60. The van der Waals surface area contributed by atoms with E-state index < -0.39 is 0 Å². The first-order valence-corrected chi connectivity index (χ1v) is 5.69. The Morgan fingerprint density at radius 1 is 1.24 bits per heavy atom. The molecular formula is C13H16N2O2. The van der Waals surface area contributed by atoms with Gasteiger partial charge in [-0.1, -0.05) is 12.1 Å². The maximum atomic E-state index is 9.17. The molecule has 17 heavy (non-hydrogen) atoms. The van der Waals surface area contributed by atoms with Gasteiger partial charge in [-0.2, -0.15) is 0 Å². The molecule has 1 heterocycles. The quantitative estimate of drug-likeness (QED) is 0.825. The Morgan fingerprint density at radius 3 is 2.71 bits per heavy atom. The summed E-state index contributed by atoms with van der Waals surface area (Å²) < 4.78 is 5.59. The first-order chi connectivity index (χ1) is 8.28. The number of phenols is 1.